The first-order chi connectivity index (χ1) is 6.17. The molecule has 5 heteroatoms. The largest absolute Gasteiger partial charge is 0.461 e. The molecule has 0 spiro atoms. The fourth-order valence-electron chi connectivity index (χ4n) is 1.68. The highest BCUT2D eigenvalue weighted by atomic mass is 16.5. The minimum absolute atomic E-state index is 0.0101. The topological polar surface area (TPSA) is 72.5 Å². The lowest BCUT2D eigenvalue weighted by atomic mass is 9.85. The molecule has 0 aromatic carbocycles. The second-order valence-corrected chi connectivity index (χ2v) is 3.41. The number of esters is 1. The van der Waals surface area contributed by atoms with Gasteiger partial charge >= 0.3 is 5.97 Å². The van der Waals surface area contributed by atoms with Crippen LogP contribution in [-0.4, -0.2) is 38.2 Å². The summed E-state index contributed by atoms with van der Waals surface area (Å²) in [4.78, 5) is 10.9. The summed E-state index contributed by atoms with van der Waals surface area (Å²) in [5.41, 5.74) is 5.10. The van der Waals surface area contributed by atoms with Crippen molar-refractivity contribution in [1.29, 1.82) is 0 Å². The zero-order valence-corrected chi connectivity index (χ0v) is 7.48. The van der Waals surface area contributed by atoms with Gasteiger partial charge in [-0.3, -0.25) is 4.79 Å². The second kappa shape index (κ2) is 4.62. The Morgan fingerprint density at radius 2 is 2.31 bits per heavy atom. The average Bonchev–Trinajstić information content (AvgIpc) is 2.46. The molecule has 3 N–H and O–H groups in total. The highest BCUT2D eigenvalue weighted by Gasteiger charge is 2.33. The number of hydrogen-bond acceptors (Lipinski definition) is 4. The van der Waals surface area contributed by atoms with Gasteiger partial charge in [0.05, 0.1) is 14.4 Å². The molecule has 1 fully saturated rings. The molecule has 1 aliphatic rings. The maximum Gasteiger partial charge on any atom is 0.319 e. The van der Waals surface area contributed by atoms with Crippen LogP contribution >= 0.6 is 0 Å². The Morgan fingerprint density at radius 3 is 2.85 bits per heavy atom. The summed E-state index contributed by atoms with van der Waals surface area (Å²) in [6.45, 7) is -0.111. The molecule has 0 aliphatic heterocycles. The van der Waals surface area contributed by atoms with Gasteiger partial charge in [0.1, 0.15) is 6.10 Å². The minimum Gasteiger partial charge on any atom is -0.461 e. The van der Waals surface area contributed by atoms with Gasteiger partial charge in [-0.15, -0.1) is 0 Å². The van der Waals surface area contributed by atoms with Crippen LogP contribution in [0.4, 0.5) is 0 Å². The molecule has 0 aromatic heterocycles. The monoisotopic (exact) mass is 183 g/mol. The standard InChI is InChI=1S/C8H14BNO3/c9-6-1-5(4-11)7(2-6)13-8(12)3-10/h5-7,11H,1-4,10H2. The lowest BCUT2D eigenvalue weighted by molar-refractivity contribution is -0.149. The number of carbonyl (C=O) groups is 1. The van der Waals surface area contributed by atoms with E-state index in [1.165, 1.54) is 0 Å². The minimum atomic E-state index is -0.433. The fourth-order valence-corrected chi connectivity index (χ4v) is 1.68. The summed E-state index contributed by atoms with van der Waals surface area (Å²) >= 11 is 0. The number of aliphatic hydroxyl groups excluding tert-OH is 1. The third-order valence-electron chi connectivity index (χ3n) is 2.35. The maximum absolute atomic E-state index is 10.9. The van der Waals surface area contributed by atoms with Crippen LogP contribution in [0.25, 0.3) is 0 Å². The van der Waals surface area contributed by atoms with Crippen molar-refractivity contribution >= 4 is 13.8 Å². The Hall–Kier alpha value is -0.545. The van der Waals surface area contributed by atoms with E-state index >= 15 is 0 Å². The summed E-state index contributed by atoms with van der Waals surface area (Å²) in [5, 5.41) is 8.96. The van der Waals surface area contributed by atoms with Crippen LogP contribution in [0.15, 0.2) is 0 Å². The van der Waals surface area contributed by atoms with Gasteiger partial charge in [0.15, 0.2) is 0 Å². The third kappa shape index (κ3) is 2.71. The Balaban J connectivity index is 2.43. The molecule has 0 saturated heterocycles. The second-order valence-electron chi connectivity index (χ2n) is 3.41. The third-order valence-corrected chi connectivity index (χ3v) is 2.35. The molecule has 1 saturated carbocycles. The molecular weight excluding hydrogens is 169 g/mol. The van der Waals surface area contributed by atoms with Crippen molar-refractivity contribution in [3.05, 3.63) is 0 Å². The molecule has 0 aromatic rings. The van der Waals surface area contributed by atoms with Crippen molar-refractivity contribution < 1.29 is 14.6 Å². The summed E-state index contributed by atoms with van der Waals surface area (Å²) < 4.78 is 5.03. The fraction of sp³-hybridized carbons (Fsp3) is 0.875. The predicted octanol–water partition coefficient (Wildman–Crippen LogP) is -0.784. The van der Waals surface area contributed by atoms with Crippen molar-refractivity contribution in [2.45, 2.75) is 24.8 Å². The quantitative estimate of drug-likeness (QED) is 0.444. The molecule has 3 unspecified atom stereocenters. The van der Waals surface area contributed by atoms with Gasteiger partial charge < -0.3 is 15.6 Å². The van der Waals surface area contributed by atoms with E-state index in [2.05, 4.69) is 0 Å². The molecule has 13 heavy (non-hydrogen) atoms. The number of carbonyl (C=O) groups excluding carboxylic acids is 1. The van der Waals surface area contributed by atoms with E-state index in [-0.39, 0.29) is 31.0 Å². The summed E-state index contributed by atoms with van der Waals surface area (Å²) in [6.07, 6.45) is 1.08. The van der Waals surface area contributed by atoms with Crippen LogP contribution in [0, 0.1) is 5.92 Å². The Labute approximate surface area is 78.8 Å². The zero-order chi connectivity index (χ0) is 9.84. The molecule has 1 rings (SSSR count). The van der Waals surface area contributed by atoms with Crippen LogP contribution in [0.5, 0.6) is 0 Å². The number of rotatable bonds is 3. The van der Waals surface area contributed by atoms with Crippen LogP contribution in [0.3, 0.4) is 0 Å². The normalized spacial score (nSPS) is 33.2. The molecule has 4 nitrogen and oxygen atoms in total. The van der Waals surface area contributed by atoms with E-state index < -0.39 is 5.97 Å². The predicted molar refractivity (Wildman–Crippen MR) is 48.2 cm³/mol. The van der Waals surface area contributed by atoms with Gasteiger partial charge in [-0.05, 0) is 12.8 Å². The lowest BCUT2D eigenvalue weighted by Crippen LogP contribution is -2.28. The van der Waals surface area contributed by atoms with Crippen molar-refractivity contribution in [3.63, 3.8) is 0 Å². The van der Waals surface area contributed by atoms with E-state index in [9.17, 15) is 4.79 Å². The van der Waals surface area contributed by atoms with Crippen LogP contribution < -0.4 is 5.73 Å². The Morgan fingerprint density at radius 1 is 1.62 bits per heavy atom. The smallest absolute Gasteiger partial charge is 0.319 e. The van der Waals surface area contributed by atoms with Gasteiger partial charge in [-0.2, -0.15) is 0 Å². The Bertz CT molecular complexity index is 188. The molecule has 72 valence electrons. The van der Waals surface area contributed by atoms with Gasteiger partial charge in [0.25, 0.3) is 0 Å². The Kier molecular flexibility index (Phi) is 3.75. The van der Waals surface area contributed by atoms with Crippen molar-refractivity contribution in [1.82, 2.24) is 0 Å². The summed E-state index contributed by atoms with van der Waals surface area (Å²) in [7, 11) is 5.67. The van der Waals surface area contributed by atoms with E-state index in [1.807, 2.05) is 0 Å². The summed E-state index contributed by atoms with van der Waals surface area (Å²) in [5.74, 6) is -0.434. The molecule has 2 radical (unpaired) electrons. The first-order valence-corrected chi connectivity index (χ1v) is 4.43. The summed E-state index contributed by atoms with van der Waals surface area (Å²) in [6, 6.07) is 0. The van der Waals surface area contributed by atoms with Gasteiger partial charge in [-0.1, -0.05) is 5.82 Å². The zero-order valence-electron chi connectivity index (χ0n) is 7.48. The highest BCUT2D eigenvalue weighted by molar-refractivity contribution is 6.11. The molecule has 0 amide bonds. The molecule has 0 bridgehead atoms. The number of nitrogens with two attached hydrogens (primary N) is 1. The number of aliphatic hydroxyl groups is 1. The van der Waals surface area contributed by atoms with E-state index in [0.717, 1.165) is 0 Å². The first-order valence-electron chi connectivity index (χ1n) is 4.43. The van der Waals surface area contributed by atoms with E-state index in [4.69, 9.17) is 23.4 Å². The molecule has 0 heterocycles. The highest BCUT2D eigenvalue weighted by Crippen LogP contribution is 2.34. The number of hydrogen-bond donors (Lipinski definition) is 2. The van der Waals surface area contributed by atoms with Crippen molar-refractivity contribution in [2.75, 3.05) is 13.2 Å². The number of ether oxygens (including phenoxy) is 1. The lowest BCUT2D eigenvalue weighted by Gasteiger charge is -2.17. The van der Waals surface area contributed by atoms with E-state index in [0.29, 0.717) is 12.8 Å². The van der Waals surface area contributed by atoms with Crippen LogP contribution in [0.2, 0.25) is 5.82 Å². The van der Waals surface area contributed by atoms with Crippen molar-refractivity contribution in [2.24, 2.45) is 11.7 Å². The van der Waals surface area contributed by atoms with Gasteiger partial charge in [0, 0.05) is 12.5 Å². The maximum atomic E-state index is 10.9. The molecular formula is C8H14BNO3. The molecule has 1 aliphatic carbocycles. The van der Waals surface area contributed by atoms with Crippen LogP contribution in [0.1, 0.15) is 12.8 Å². The molecule has 3 atom stereocenters. The van der Waals surface area contributed by atoms with E-state index in [1.54, 1.807) is 0 Å². The van der Waals surface area contributed by atoms with Gasteiger partial charge in [0.2, 0.25) is 0 Å². The first kappa shape index (κ1) is 10.5. The average molecular weight is 183 g/mol. The van der Waals surface area contributed by atoms with Crippen LogP contribution in [-0.2, 0) is 9.53 Å². The SMILES string of the molecule is [B]C1CC(CO)C(OC(=O)CN)C1. The van der Waals surface area contributed by atoms with Gasteiger partial charge in [-0.25, -0.2) is 0 Å². The van der Waals surface area contributed by atoms with Crippen molar-refractivity contribution in [3.8, 4) is 0 Å².